The molecule has 5 rings (SSSR count). The van der Waals surface area contributed by atoms with Crippen molar-refractivity contribution in [3.8, 4) is 11.6 Å². The number of aromatic amines is 2. The van der Waals surface area contributed by atoms with Gasteiger partial charge in [-0.2, -0.15) is 4.98 Å². The van der Waals surface area contributed by atoms with Crippen LogP contribution in [-0.4, -0.2) is 47.0 Å². The molecule has 3 heterocycles. The van der Waals surface area contributed by atoms with Gasteiger partial charge in [0.1, 0.15) is 18.5 Å². The topological polar surface area (TPSA) is 163 Å². The van der Waals surface area contributed by atoms with E-state index in [1.54, 1.807) is 42.5 Å². The smallest absolute Gasteiger partial charge is 0.329 e. The number of aromatic hydroxyl groups is 1. The molecule has 12 nitrogen and oxygen atoms in total. The van der Waals surface area contributed by atoms with Crippen molar-refractivity contribution in [2.75, 3.05) is 6.61 Å². The molecule has 0 amide bonds. The van der Waals surface area contributed by atoms with Crippen molar-refractivity contribution < 1.29 is 14.9 Å². The van der Waals surface area contributed by atoms with Crippen LogP contribution in [0.15, 0.2) is 66.8 Å². The van der Waals surface area contributed by atoms with Gasteiger partial charge in [0.15, 0.2) is 16.9 Å². The predicted molar refractivity (Wildman–Crippen MR) is 140 cm³/mol. The summed E-state index contributed by atoms with van der Waals surface area (Å²) in [6.07, 6.45) is -1.09. The van der Waals surface area contributed by atoms with Crippen LogP contribution in [0.3, 0.4) is 0 Å². The quantitative estimate of drug-likeness (QED) is 0.211. The Bertz CT molecular complexity index is 1770. The Hall–Kier alpha value is -3.94. The third-order valence-corrected chi connectivity index (χ3v) is 6.34. The van der Waals surface area contributed by atoms with Gasteiger partial charge in [-0.05, 0) is 42.5 Å². The molecule has 1 atom stereocenters. The van der Waals surface area contributed by atoms with E-state index in [9.17, 15) is 19.8 Å². The third kappa shape index (κ3) is 4.88. The van der Waals surface area contributed by atoms with E-state index < -0.39 is 17.4 Å². The average molecular weight is 589 g/mol. The number of rotatable bonds is 7. The van der Waals surface area contributed by atoms with Crippen LogP contribution >= 0.6 is 27.5 Å². The summed E-state index contributed by atoms with van der Waals surface area (Å²) in [5, 5.41) is 30.5. The number of hydrogen-bond acceptors (Lipinski definition) is 8. The van der Waals surface area contributed by atoms with Gasteiger partial charge < -0.3 is 19.9 Å². The number of ether oxygens (including phenoxy) is 1. The number of aliphatic hydroxyl groups is 1. The van der Waals surface area contributed by atoms with Gasteiger partial charge in [0.05, 0.1) is 12.1 Å². The zero-order valence-electron chi connectivity index (χ0n) is 19.1. The van der Waals surface area contributed by atoms with Crippen molar-refractivity contribution in [1.82, 2.24) is 24.1 Å². The summed E-state index contributed by atoms with van der Waals surface area (Å²) in [4.78, 5) is 34.2. The fourth-order valence-corrected chi connectivity index (χ4v) is 4.28. The average Bonchev–Trinajstić information content (AvgIpc) is 3.37. The second kappa shape index (κ2) is 9.84. The molecule has 0 saturated heterocycles. The van der Waals surface area contributed by atoms with Gasteiger partial charge in [-0.3, -0.25) is 18.9 Å². The molecule has 0 saturated carbocycles. The van der Waals surface area contributed by atoms with Crippen molar-refractivity contribution in [3.05, 3.63) is 72.8 Å². The molecule has 0 unspecified atom stereocenters. The molecule has 0 radical (unpaired) electrons. The second-order valence-corrected chi connectivity index (χ2v) is 9.50. The molecule has 0 fully saturated rings. The van der Waals surface area contributed by atoms with Gasteiger partial charge in [0.25, 0.3) is 11.5 Å². The van der Waals surface area contributed by atoms with Crippen LogP contribution in [0.25, 0.3) is 22.1 Å². The van der Waals surface area contributed by atoms with Crippen molar-refractivity contribution in [3.63, 3.8) is 0 Å². The zero-order chi connectivity index (χ0) is 26.3. The summed E-state index contributed by atoms with van der Waals surface area (Å²) >= 11 is 9.28. The largest absolute Gasteiger partial charge is 0.493 e. The van der Waals surface area contributed by atoms with Crippen molar-refractivity contribution >= 4 is 61.2 Å². The minimum Gasteiger partial charge on any atom is -0.493 e. The molecule has 14 heteroatoms. The number of aryl methyl sites for hydroxylation is 1. The molecule has 190 valence electrons. The number of halogens is 2. The van der Waals surface area contributed by atoms with Crippen LogP contribution in [0.5, 0.6) is 11.6 Å². The molecular formula is C23H19BrClN7O5. The minimum absolute atomic E-state index is 0.0208. The number of nitrogens with one attached hydrogen (secondary N) is 2. The van der Waals surface area contributed by atoms with Gasteiger partial charge in [-0.25, -0.2) is 4.79 Å². The molecule has 0 bridgehead atoms. The van der Waals surface area contributed by atoms with Crippen LogP contribution in [0.2, 0.25) is 5.02 Å². The lowest BCUT2D eigenvalue weighted by Crippen LogP contribution is -2.30. The summed E-state index contributed by atoms with van der Waals surface area (Å²) < 4.78 is 8.88. The number of azo groups is 1. The van der Waals surface area contributed by atoms with Crippen LogP contribution in [-0.2, 0) is 13.6 Å². The molecule has 0 spiro atoms. The van der Waals surface area contributed by atoms with E-state index >= 15 is 0 Å². The summed E-state index contributed by atoms with van der Waals surface area (Å²) in [6.45, 7) is -0.260. The Morgan fingerprint density at radius 2 is 1.92 bits per heavy atom. The van der Waals surface area contributed by atoms with Crippen molar-refractivity contribution in [2.24, 2.45) is 17.3 Å². The monoisotopic (exact) mass is 587 g/mol. The summed E-state index contributed by atoms with van der Waals surface area (Å²) in [5.74, 6) is 0.234. The van der Waals surface area contributed by atoms with Crippen LogP contribution in [0, 0.1) is 0 Å². The van der Waals surface area contributed by atoms with E-state index in [2.05, 4.69) is 41.1 Å². The minimum atomic E-state index is -1.09. The first-order chi connectivity index (χ1) is 17.7. The number of H-pyrrole nitrogens is 2. The molecule has 4 N–H and O–H groups in total. The molecule has 0 aliphatic carbocycles. The third-order valence-electron chi connectivity index (χ3n) is 5.59. The standard InChI is InChI=1S/C23H19BrClN7O5/c1-31-19-18(21(35)28-23(31)36)32(9-13(33)10-37-14-5-3-12(25)4-6-14)22(27-19)30-29-17-15-8-11(24)2-7-16(15)26-20(17)34/h2-8,13,26,33-34H,9-10H2,1H3,(H,28,35,36)/t13-/m0/s1. The van der Waals surface area contributed by atoms with Gasteiger partial charge in [0.2, 0.25) is 5.88 Å². The maximum absolute atomic E-state index is 12.7. The predicted octanol–water partition coefficient (Wildman–Crippen LogP) is 3.88. The Balaban J connectivity index is 1.53. The lowest BCUT2D eigenvalue weighted by atomic mass is 10.2. The number of imidazole rings is 1. The van der Waals surface area contributed by atoms with E-state index in [0.717, 1.165) is 9.04 Å². The fraction of sp³-hybridized carbons (Fsp3) is 0.174. The van der Waals surface area contributed by atoms with Crippen molar-refractivity contribution in [1.29, 1.82) is 0 Å². The second-order valence-electron chi connectivity index (χ2n) is 8.14. The van der Waals surface area contributed by atoms with Crippen LogP contribution in [0.4, 0.5) is 11.6 Å². The normalized spacial score (nSPS) is 12.6. The SMILES string of the molecule is Cn1c(=O)[nH]c(=O)c2c1nc(N=Nc1c(O)[nH]c3ccc(Br)cc13)n2C[C@H](O)COc1ccc(Cl)cc1. The number of hydrogen-bond donors (Lipinski definition) is 4. The summed E-state index contributed by atoms with van der Waals surface area (Å²) in [5.41, 5.74) is -0.485. The van der Waals surface area contributed by atoms with Gasteiger partial charge in [0, 0.05) is 21.9 Å². The molecular weight excluding hydrogens is 570 g/mol. The molecule has 0 aliphatic rings. The first-order valence-corrected chi connectivity index (χ1v) is 12.1. The van der Waals surface area contributed by atoms with Gasteiger partial charge >= 0.3 is 5.69 Å². The molecule has 5 aromatic rings. The summed E-state index contributed by atoms with van der Waals surface area (Å²) in [6, 6.07) is 12.0. The Morgan fingerprint density at radius 1 is 1.16 bits per heavy atom. The number of aliphatic hydroxyl groups excluding tert-OH is 1. The molecule has 37 heavy (non-hydrogen) atoms. The number of aromatic nitrogens is 5. The van der Waals surface area contributed by atoms with Crippen LogP contribution in [0.1, 0.15) is 0 Å². The van der Waals surface area contributed by atoms with Gasteiger partial charge in [-0.1, -0.05) is 27.5 Å². The lowest BCUT2D eigenvalue weighted by Gasteiger charge is -2.14. The van der Waals surface area contributed by atoms with E-state index in [0.29, 0.717) is 21.7 Å². The van der Waals surface area contributed by atoms with Gasteiger partial charge in [-0.15, -0.1) is 10.2 Å². The highest BCUT2D eigenvalue weighted by atomic mass is 79.9. The fourth-order valence-electron chi connectivity index (χ4n) is 3.79. The number of benzene rings is 2. The molecule has 0 aliphatic heterocycles. The number of nitrogens with zero attached hydrogens (tertiary/aromatic N) is 5. The van der Waals surface area contributed by atoms with Crippen LogP contribution < -0.4 is 16.0 Å². The Kier molecular flexibility index (Phi) is 6.58. The first kappa shape index (κ1) is 24.7. The molecule has 3 aromatic heterocycles. The highest BCUT2D eigenvalue weighted by Crippen LogP contribution is 2.37. The Labute approximate surface area is 221 Å². The van der Waals surface area contributed by atoms with E-state index in [-0.39, 0.29) is 41.8 Å². The highest BCUT2D eigenvalue weighted by molar-refractivity contribution is 9.10. The van der Waals surface area contributed by atoms with E-state index in [4.69, 9.17) is 16.3 Å². The van der Waals surface area contributed by atoms with Crippen molar-refractivity contribution in [2.45, 2.75) is 12.6 Å². The maximum Gasteiger partial charge on any atom is 0.329 e. The van der Waals surface area contributed by atoms with E-state index in [1.165, 1.54) is 11.6 Å². The van der Waals surface area contributed by atoms with E-state index in [1.807, 2.05) is 0 Å². The Morgan fingerprint density at radius 3 is 2.68 bits per heavy atom. The first-order valence-electron chi connectivity index (χ1n) is 10.9. The molecule has 2 aromatic carbocycles. The maximum atomic E-state index is 12.7. The highest BCUT2D eigenvalue weighted by Gasteiger charge is 2.21. The summed E-state index contributed by atoms with van der Waals surface area (Å²) in [7, 11) is 1.45. The lowest BCUT2D eigenvalue weighted by molar-refractivity contribution is 0.0937. The number of fused-ring (bicyclic) bond motifs is 2. The zero-order valence-corrected chi connectivity index (χ0v) is 21.5.